The van der Waals surface area contributed by atoms with E-state index < -0.39 is 180 Å². The van der Waals surface area contributed by atoms with Crippen molar-refractivity contribution in [1.82, 2.24) is 80.8 Å². The first-order chi connectivity index (χ1) is 54.8. The normalized spacial score (nSPS) is 22.6. The lowest BCUT2D eigenvalue weighted by Crippen LogP contribution is -2.63. The molecule has 2 aromatic heterocycles. The van der Waals surface area contributed by atoms with E-state index in [2.05, 4.69) is 46.5 Å². The number of allylic oxidation sites excluding steroid dienone is 2. The van der Waals surface area contributed by atoms with Crippen molar-refractivity contribution >= 4 is 111 Å². The van der Waals surface area contributed by atoms with Crippen molar-refractivity contribution in [3.63, 3.8) is 0 Å². The van der Waals surface area contributed by atoms with Gasteiger partial charge in [-0.3, -0.25) is 62.3 Å². The van der Waals surface area contributed by atoms with Crippen LogP contribution in [-0.4, -0.2) is 288 Å². The first kappa shape index (κ1) is 102. The molecule has 1 aliphatic heterocycles. The van der Waals surface area contributed by atoms with E-state index in [-0.39, 0.29) is 85.9 Å². The maximum atomic E-state index is 15.1. The van der Waals surface area contributed by atoms with Crippen LogP contribution in [0.15, 0.2) is 42.6 Å². The maximum absolute atomic E-state index is 15.1. The number of nitrogens with two attached hydrogens (primary N) is 2. The molecule has 0 aliphatic carbocycles. The SMILES string of the molecule is C/C=C/C[C@@H](C)[C@@H](O)[C@H]1C(=O)N[C@@H](CC)C(=O)N(C)CC(=O)N(C)[C@@H](CC(C)C)C(=O)N[C@@H](C(C)C)C(=O)N(C)[C@@H](CC(C)C)C(=O)N[C@@H](C)C(=O)N[C@H](C)C(=O)N(C)[C@@H](CC(C)C)C(=O)N(C)[C@@H](CC(C)C)C(=O)N(C)[C@@H](C(C)C)C(=O)N1C.CN(Cc1cnc2nc(N)nc(N)c2n1)c1ccc(C(=O)N[C@@H](CCC(=O)O)C(=O)O)cc1. The molecule has 0 radical (unpaired) electrons. The molecule has 658 valence electrons. The van der Waals surface area contributed by atoms with Crippen LogP contribution in [0, 0.1) is 41.4 Å². The summed E-state index contributed by atoms with van der Waals surface area (Å²) < 4.78 is 0. The van der Waals surface area contributed by atoms with Crippen molar-refractivity contribution in [2.45, 2.75) is 248 Å². The number of rotatable bonds is 24. The number of hydrogen-bond donors (Lipinski definition) is 10. The van der Waals surface area contributed by atoms with Gasteiger partial charge in [-0.2, -0.15) is 9.97 Å². The Morgan fingerprint density at radius 2 is 1.08 bits per heavy atom. The van der Waals surface area contributed by atoms with E-state index in [1.807, 2.05) is 73.4 Å². The van der Waals surface area contributed by atoms with Crippen LogP contribution < -0.4 is 43.0 Å². The molecule has 1 aliphatic rings. The van der Waals surface area contributed by atoms with Crippen LogP contribution in [-0.2, 0) is 68.9 Å². The number of aliphatic hydroxyl groups is 1. The van der Waals surface area contributed by atoms with E-state index in [0.29, 0.717) is 29.8 Å². The molecular weight excluding hydrogens is 1520 g/mol. The highest BCUT2D eigenvalue weighted by Crippen LogP contribution is 2.27. The minimum atomic E-state index is -1.61. The Labute approximate surface area is 694 Å². The standard InChI is InChI=1S/C62H111N11O12.C20H22N8O5/c1-25-27-28-40(15)52(75)51-56(79)65-43(26-2)58(81)67(18)33-48(74)68(19)44(29-34(3)4)55(78)66-49(38(11)12)61(84)69(20)45(30-35(5)6)54(77)63-41(16)53(76)64-42(17)57(80)70(21)46(31-36(7)8)59(82)71(22)47(32-37(9)10)60(83)72(23)50(39(13)14)62(85)73(51)24;1-28(9-11-8-23-17-15(24-11)16(21)26-20(22)27-17)12-4-2-10(3-5-12)18(31)25-13(19(32)33)6-7-14(29)30/h25,27,34-47,49-52,75H,26,28-33H2,1-24H3,(H,63,77)(H,64,76)(H,65,79)(H,66,78);2-5,8,13H,6-7,9H2,1H3,(H,25,31)(H,29,30)(H,32,33)(H4,21,22,23,26,27)/b27-25+;/t40-,41+,42-,43+,44+,45+,46+,47+,49+,50+,51+,52-;13-/m10/s1. The maximum Gasteiger partial charge on any atom is 0.326 e. The van der Waals surface area contributed by atoms with Crippen molar-refractivity contribution in [1.29, 1.82) is 0 Å². The van der Waals surface area contributed by atoms with E-state index in [1.54, 1.807) is 72.9 Å². The Kier molecular flexibility index (Phi) is 40.0. The number of carboxylic acid groups (broad SMARTS) is 2. The Morgan fingerprint density at radius 3 is 1.58 bits per heavy atom. The zero-order valence-corrected chi connectivity index (χ0v) is 73.7. The lowest BCUT2D eigenvalue weighted by molar-refractivity contribution is -0.157. The van der Waals surface area contributed by atoms with Gasteiger partial charge in [0.2, 0.25) is 70.9 Å². The summed E-state index contributed by atoms with van der Waals surface area (Å²) >= 11 is 0. The van der Waals surface area contributed by atoms with Gasteiger partial charge in [-0.1, -0.05) is 109 Å². The third-order valence-corrected chi connectivity index (χ3v) is 20.8. The fourth-order valence-corrected chi connectivity index (χ4v) is 13.7. The molecule has 13 atom stereocenters. The first-order valence-electron chi connectivity index (χ1n) is 40.3. The Balaban J connectivity index is 0.000000896. The minimum absolute atomic E-state index is 0.0138. The van der Waals surface area contributed by atoms with Gasteiger partial charge in [0, 0.05) is 74.1 Å². The van der Waals surface area contributed by atoms with Gasteiger partial charge >= 0.3 is 11.9 Å². The molecule has 0 bridgehead atoms. The van der Waals surface area contributed by atoms with E-state index in [9.17, 15) is 67.7 Å². The molecule has 0 saturated carbocycles. The molecule has 3 heterocycles. The number of hydrogen-bond acceptors (Lipinski definition) is 22. The summed E-state index contributed by atoms with van der Waals surface area (Å²) in [7, 11) is 11.7. The Hall–Kier alpha value is -10.7. The molecule has 3 aromatic rings. The molecular formula is C82H133N19O17. The lowest BCUT2D eigenvalue weighted by Gasteiger charge is -2.41. The molecule has 36 nitrogen and oxygen atoms in total. The van der Waals surface area contributed by atoms with Crippen molar-refractivity contribution in [3.8, 4) is 0 Å². The van der Waals surface area contributed by atoms with Crippen LogP contribution in [0.5, 0.6) is 0 Å². The van der Waals surface area contributed by atoms with Gasteiger partial charge in [-0.05, 0) is 131 Å². The molecule has 12 N–H and O–H groups in total. The van der Waals surface area contributed by atoms with Gasteiger partial charge in [-0.25, -0.2) is 14.8 Å². The molecule has 12 amide bonds. The second kappa shape index (κ2) is 46.5. The van der Waals surface area contributed by atoms with Crippen LogP contribution >= 0.6 is 0 Å². The summed E-state index contributed by atoms with van der Waals surface area (Å²) in [6.07, 6.45) is 4.01. The molecule has 0 spiro atoms. The monoisotopic (exact) mass is 1660 g/mol. The predicted octanol–water partition coefficient (Wildman–Crippen LogP) is 3.54. The average molecular weight is 1660 g/mol. The van der Waals surface area contributed by atoms with Gasteiger partial charge in [0.15, 0.2) is 17.0 Å². The number of amides is 12. The number of carboxylic acids is 2. The quantitative estimate of drug-likeness (QED) is 0.0573. The van der Waals surface area contributed by atoms with Crippen molar-refractivity contribution in [2.75, 3.05) is 79.3 Å². The van der Waals surface area contributed by atoms with Gasteiger partial charge < -0.3 is 92.6 Å². The molecule has 4 rings (SSSR count). The number of aliphatic hydroxyl groups excluding tert-OH is 1. The minimum Gasteiger partial charge on any atom is -0.481 e. The number of likely N-dealkylation sites (N-methyl/N-ethyl adjacent to an activating group) is 7. The van der Waals surface area contributed by atoms with E-state index in [1.165, 1.54) is 99.8 Å². The topological polar surface area (TPSA) is 489 Å². The van der Waals surface area contributed by atoms with Gasteiger partial charge in [0.1, 0.15) is 66.5 Å². The van der Waals surface area contributed by atoms with E-state index in [0.717, 1.165) is 15.5 Å². The van der Waals surface area contributed by atoms with Crippen LogP contribution in [0.4, 0.5) is 17.5 Å². The zero-order valence-electron chi connectivity index (χ0n) is 73.7. The third kappa shape index (κ3) is 28.8. The summed E-state index contributed by atoms with van der Waals surface area (Å²) in [4.78, 5) is 221. The van der Waals surface area contributed by atoms with Gasteiger partial charge in [-0.15, -0.1) is 0 Å². The summed E-state index contributed by atoms with van der Waals surface area (Å²) in [5, 5.41) is 43.3. The fourth-order valence-electron chi connectivity index (χ4n) is 13.7. The number of carbonyl (C=O) groups is 14. The molecule has 118 heavy (non-hydrogen) atoms. The Morgan fingerprint density at radius 1 is 0.585 bits per heavy atom. The second-order valence-electron chi connectivity index (χ2n) is 33.3. The second-order valence-corrected chi connectivity index (χ2v) is 33.3. The smallest absolute Gasteiger partial charge is 0.326 e. The average Bonchev–Trinajstić information content (AvgIpc) is 0.800. The number of aliphatic carboxylic acids is 2. The number of carbonyl (C=O) groups excluding carboxylic acids is 12. The lowest BCUT2D eigenvalue weighted by atomic mass is 9.91. The predicted molar refractivity (Wildman–Crippen MR) is 447 cm³/mol. The highest BCUT2D eigenvalue weighted by atomic mass is 16.4. The molecule has 0 unspecified atom stereocenters. The first-order valence-corrected chi connectivity index (χ1v) is 40.3. The number of nitrogen functional groups attached to an aromatic ring is 2. The van der Waals surface area contributed by atoms with E-state index >= 15 is 9.59 Å². The highest BCUT2D eigenvalue weighted by molar-refractivity contribution is 6.00. The number of benzene rings is 1. The summed E-state index contributed by atoms with van der Waals surface area (Å²) in [5.74, 6) is -12.6. The van der Waals surface area contributed by atoms with Crippen molar-refractivity contribution in [2.24, 2.45) is 41.4 Å². The van der Waals surface area contributed by atoms with E-state index in [4.69, 9.17) is 16.6 Å². The van der Waals surface area contributed by atoms with Crippen LogP contribution in [0.25, 0.3) is 11.2 Å². The summed E-state index contributed by atoms with van der Waals surface area (Å²) in [6, 6.07) is -7.17. The van der Waals surface area contributed by atoms with Crippen molar-refractivity contribution in [3.05, 3.63) is 53.9 Å². The van der Waals surface area contributed by atoms with Crippen LogP contribution in [0.2, 0.25) is 0 Å². The largest absolute Gasteiger partial charge is 0.481 e. The molecule has 1 saturated heterocycles. The third-order valence-electron chi connectivity index (χ3n) is 20.8. The summed E-state index contributed by atoms with van der Waals surface area (Å²) in [5.41, 5.74) is 13.7. The zero-order chi connectivity index (χ0) is 90.1. The van der Waals surface area contributed by atoms with Crippen LogP contribution in [0.3, 0.4) is 0 Å². The Bertz CT molecular complexity index is 4010. The van der Waals surface area contributed by atoms with Crippen molar-refractivity contribution < 1.29 is 82.4 Å². The number of anilines is 3. The number of aromatic nitrogens is 4. The molecule has 36 heteroatoms. The molecule has 1 fully saturated rings. The summed E-state index contributed by atoms with van der Waals surface area (Å²) in [6.45, 7) is 29.7. The van der Waals surface area contributed by atoms with Gasteiger partial charge in [0.25, 0.3) is 5.91 Å². The number of nitrogens with zero attached hydrogens (tertiary/aromatic N) is 12. The fraction of sp³-hybridized carbons (Fsp3) is 0.659. The number of fused-ring (bicyclic) bond motifs is 1. The highest BCUT2D eigenvalue weighted by Gasteiger charge is 2.46. The molecule has 1 aromatic carbocycles. The number of nitrogens with one attached hydrogen (secondary N) is 5. The van der Waals surface area contributed by atoms with Gasteiger partial charge in [0.05, 0.1) is 31.1 Å². The van der Waals surface area contributed by atoms with Crippen LogP contribution in [0.1, 0.15) is 185 Å².